The predicted molar refractivity (Wildman–Crippen MR) is 76.4 cm³/mol. The Balaban J connectivity index is 2.73. The second-order valence-electron chi connectivity index (χ2n) is 4.07. The number of aromatic carboxylic acids is 1. The highest BCUT2D eigenvalue weighted by Gasteiger charge is 2.11. The van der Waals surface area contributed by atoms with Gasteiger partial charge in [-0.2, -0.15) is 0 Å². The minimum atomic E-state index is -1.03. The molecule has 1 N–H and O–H groups in total. The summed E-state index contributed by atoms with van der Waals surface area (Å²) in [5.41, 5.74) is 0.0420. The first-order chi connectivity index (χ1) is 9.69. The lowest BCUT2D eigenvalue weighted by atomic mass is 10.3. The Morgan fingerprint density at radius 3 is 2.30 bits per heavy atom. The summed E-state index contributed by atoms with van der Waals surface area (Å²) in [6.45, 7) is 7.63. The van der Waals surface area contributed by atoms with Crippen molar-refractivity contribution >= 4 is 11.8 Å². The number of aromatic nitrogens is 1. The highest BCUT2D eigenvalue weighted by molar-refractivity contribution is 5.85. The normalized spacial score (nSPS) is 10.5. The summed E-state index contributed by atoms with van der Waals surface area (Å²) in [7, 11) is 0. The topological polar surface area (TPSA) is 71.9 Å². The maximum atomic E-state index is 11.0. The van der Waals surface area contributed by atoms with Crippen LogP contribution in [0, 0.1) is 0 Å². The maximum absolute atomic E-state index is 11.0. The number of nitrogens with zero attached hydrogens (tertiary/aromatic N) is 2. The molecule has 0 unspecified atom stereocenters. The molecule has 0 amide bonds. The average molecular weight is 282 g/mol. The Morgan fingerprint density at radius 1 is 1.20 bits per heavy atom. The van der Waals surface area contributed by atoms with E-state index in [9.17, 15) is 4.79 Å². The fourth-order valence-electron chi connectivity index (χ4n) is 1.70. The van der Waals surface area contributed by atoms with E-state index in [2.05, 4.69) is 4.98 Å². The van der Waals surface area contributed by atoms with Gasteiger partial charge in [-0.1, -0.05) is 6.07 Å². The molecule has 0 radical (unpaired) electrons. The van der Waals surface area contributed by atoms with E-state index < -0.39 is 5.97 Å². The molecule has 0 aliphatic heterocycles. The van der Waals surface area contributed by atoms with E-state index >= 15 is 0 Å². The smallest absolute Gasteiger partial charge is 0.354 e. The Morgan fingerprint density at radius 2 is 1.80 bits per heavy atom. The molecule has 0 saturated heterocycles. The summed E-state index contributed by atoms with van der Waals surface area (Å²) in [5.74, 6) is -0.397. The van der Waals surface area contributed by atoms with Gasteiger partial charge in [0.15, 0.2) is 5.69 Å². The summed E-state index contributed by atoms with van der Waals surface area (Å²) in [6.07, 6.45) is 0. The van der Waals surface area contributed by atoms with Crippen molar-refractivity contribution in [1.29, 1.82) is 0 Å². The maximum Gasteiger partial charge on any atom is 0.354 e. The van der Waals surface area contributed by atoms with Crippen molar-refractivity contribution in [1.82, 2.24) is 4.98 Å². The van der Waals surface area contributed by atoms with Gasteiger partial charge in [0.25, 0.3) is 0 Å². The van der Waals surface area contributed by atoms with E-state index in [4.69, 9.17) is 14.6 Å². The number of hydrogen-bond acceptors (Lipinski definition) is 5. The molecule has 0 atom stereocenters. The van der Waals surface area contributed by atoms with Gasteiger partial charge in [0.05, 0.1) is 13.2 Å². The van der Waals surface area contributed by atoms with Gasteiger partial charge < -0.3 is 19.5 Å². The molecule has 1 aromatic rings. The number of rotatable bonds is 10. The standard InChI is InChI=1S/C14H22N2O4/c1-3-19-10-8-16(9-11-20-4-2)13-7-5-6-12(15-13)14(17)18/h5-7H,3-4,8-11H2,1-2H3,(H,17,18). The van der Waals surface area contributed by atoms with E-state index in [1.54, 1.807) is 12.1 Å². The zero-order valence-corrected chi connectivity index (χ0v) is 12.0. The van der Waals surface area contributed by atoms with Crippen LogP contribution in [0.15, 0.2) is 18.2 Å². The van der Waals surface area contributed by atoms with E-state index in [1.165, 1.54) is 6.07 Å². The van der Waals surface area contributed by atoms with Crippen molar-refractivity contribution in [3.05, 3.63) is 23.9 Å². The van der Waals surface area contributed by atoms with E-state index in [0.717, 1.165) is 0 Å². The first-order valence-electron chi connectivity index (χ1n) is 6.79. The SMILES string of the molecule is CCOCCN(CCOCC)c1cccc(C(=O)O)n1. The quantitative estimate of drug-likeness (QED) is 0.658. The molecule has 1 aromatic heterocycles. The third kappa shape index (κ3) is 5.54. The average Bonchev–Trinajstić information content (AvgIpc) is 2.46. The van der Waals surface area contributed by atoms with Crippen molar-refractivity contribution in [3.8, 4) is 0 Å². The zero-order chi connectivity index (χ0) is 14.8. The lowest BCUT2D eigenvalue weighted by Crippen LogP contribution is -2.32. The monoisotopic (exact) mass is 282 g/mol. The molecule has 0 spiro atoms. The first kappa shape index (κ1) is 16.4. The number of ether oxygens (including phenoxy) is 2. The number of hydrogen-bond donors (Lipinski definition) is 1. The molecule has 6 nitrogen and oxygen atoms in total. The van der Waals surface area contributed by atoms with Gasteiger partial charge in [0, 0.05) is 26.3 Å². The first-order valence-corrected chi connectivity index (χ1v) is 6.79. The van der Waals surface area contributed by atoms with Crippen LogP contribution in [0.25, 0.3) is 0 Å². The van der Waals surface area contributed by atoms with Crippen molar-refractivity contribution in [2.75, 3.05) is 44.4 Å². The second kappa shape index (κ2) is 9.28. The molecule has 0 aliphatic rings. The molecular formula is C14H22N2O4. The van der Waals surface area contributed by atoms with E-state index in [-0.39, 0.29) is 5.69 Å². The summed E-state index contributed by atoms with van der Waals surface area (Å²) in [5, 5.41) is 8.99. The molecule has 0 fully saturated rings. The molecule has 0 saturated carbocycles. The molecule has 0 aromatic carbocycles. The van der Waals surface area contributed by atoms with Crippen LogP contribution in [0.5, 0.6) is 0 Å². The Bertz CT molecular complexity index is 402. The Kier molecular flexibility index (Phi) is 7.60. The molecule has 0 aliphatic carbocycles. The molecule has 0 bridgehead atoms. The van der Waals surface area contributed by atoms with Crippen LogP contribution in [-0.2, 0) is 9.47 Å². The lowest BCUT2D eigenvalue weighted by molar-refractivity contribution is 0.0690. The summed E-state index contributed by atoms with van der Waals surface area (Å²) >= 11 is 0. The van der Waals surface area contributed by atoms with Gasteiger partial charge in [-0.05, 0) is 26.0 Å². The van der Waals surface area contributed by atoms with Gasteiger partial charge in [-0.25, -0.2) is 9.78 Å². The van der Waals surface area contributed by atoms with Gasteiger partial charge in [0.2, 0.25) is 0 Å². The lowest BCUT2D eigenvalue weighted by Gasteiger charge is -2.23. The van der Waals surface area contributed by atoms with Crippen LogP contribution >= 0.6 is 0 Å². The summed E-state index contributed by atoms with van der Waals surface area (Å²) < 4.78 is 10.7. The third-order valence-electron chi connectivity index (χ3n) is 2.70. The third-order valence-corrected chi connectivity index (χ3v) is 2.70. The van der Waals surface area contributed by atoms with Gasteiger partial charge in [0.1, 0.15) is 5.82 Å². The molecule has 20 heavy (non-hydrogen) atoms. The van der Waals surface area contributed by atoms with Crippen molar-refractivity contribution in [2.24, 2.45) is 0 Å². The molecular weight excluding hydrogens is 260 g/mol. The zero-order valence-electron chi connectivity index (χ0n) is 12.0. The van der Waals surface area contributed by atoms with Gasteiger partial charge in [-0.15, -0.1) is 0 Å². The highest BCUT2D eigenvalue weighted by atomic mass is 16.5. The van der Waals surface area contributed by atoms with Gasteiger partial charge in [-0.3, -0.25) is 0 Å². The van der Waals surface area contributed by atoms with Crippen LogP contribution in [0.4, 0.5) is 5.82 Å². The van der Waals surface area contributed by atoms with Crippen LogP contribution in [0.2, 0.25) is 0 Å². The summed E-state index contributed by atoms with van der Waals surface area (Å²) in [4.78, 5) is 17.1. The second-order valence-corrected chi connectivity index (χ2v) is 4.07. The van der Waals surface area contributed by atoms with Crippen LogP contribution in [-0.4, -0.2) is 55.6 Å². The van der Waals surface area contributed by atoms with Crippen molar-refractivity contribution in [2.45, 2.75) is 13.8 Å². The van der Waals surface area contributed by atoms with Crippen LogP contribution in [0.1, 0.15) is 24.3 Å². The summed E-state index contributed by atoms with van der Waals surface area (Å²) in [6, 6.07) is 4.97. The molecule has 1 rings (SSSR count). The molecule has 6 heteroatoms. The fraction of sp³-hybridized carbons (Fsp3) is 0.571. The number of anilines is 1. The molecule has 112 valence electrons. The number of carboxylic acid groups (broad SMARTS) is 1. The van der Waals surface area contributed by atoms with E-state index in [0.29, 0.717) is 45.3 Å². The Labute approximate surface area is 119 Å². The molecule has 1 heterocycles. The van der Waals surface area contributed by atoms with Crippen molar-refractivity contribution < 1.29 is 19.4 Å². The van der Waals surface area contributed by atoms with Crippen LogP contribution in [0.3, 0.4) is 0 Å². The number of carboxylic acids is 1. The predicted octanol–water partition coefficient (Wildman–Crippen LogP) is 1.66. The van der Waals surface area contributed by atoms with Crippen molar-refractivity contribution in [3.63, 3.8) is 0 Å². The highest BCUT2D eigenvalue weighted by Crippen LogP contribution is 2.11. The minimum Gasteiger partial charge on any atom is -0.477 e. The minimum absolute atomic E-state index is 0.0420. The van der Waals surface area contributed by atoms with Gasteiger partial charge >= 0.3 is 5.97 Å². The number of pyridine rings is 1. The fourth-order valence-corrected chi connectivity index (χ4v) is 1.70. The van der Waals surface area contributed by atoms with E-state index in [1.807, 2.05) is 18.7 Å². The van der Waals surface area contributed by atoms with Crippen LogP contribution < -0.4 is 4.90 Å². The number of carbonyl (C=O) groups is 1. The Hall–Kier alpha value is -1.66. The largest absolute Gasteiger partial charge is 0.477 e.